The van der Waals surface area contributed by atoms with Gasteiger partial charge >= 0.3 is 6.09 Å². The smallest absolute Gasteiger partial charge is 0.409 e. The summed E-state index contributed by atoms with van der Waals surface area (Å²) in [5, 5.41) is 13.0. The molecule has 0 saturated carbocycles. The summed E-state index contributed by atoms with van der Waals surface area (Å²) in [6, 6.07) is 9.55. The van der Waals surface area contributed by atoms with Crippen LogP contribution in [0.1, 0.15) is 26.4 Å². The van der Waals surface area contributed by atoms with E-state index in [4.69, 9.17) is 4.74 Å². The van der Waals surface area contributed by atoms with E-state index in [-0.39, 0.29) is 12.0 Å². The van der Waals surface area contributed by atoms with E-state index < -0.39 is 0 Å². The lowest BCUT2D eigenvalue weighted by atomic mass is 10.0. The quantitative estimate of drug-likeness (QED) is 0.812. The molecule has 0 fully saturated rings. The Labute approximate surface area is 159 Å². The second-order valence-corrected chi connectivity index (χ2v) is 7.57. The van der Waals surface area contributed by atoms with Crippen molar-refractivity contribution >= 4 is 40.1 Å². The van der Waals surface area contributed by atoms with Crippen molar-refractivity contribution in [3.63, 3.8) is 0 Å². The van der Waals surface area contributed by atoms with Crippen molar-refractivity contribution in [3.05, 3.63) is 45.8 Å². The Balaban J connectivity index is 1.88. The summed E-state index contributed by atoms with van der Waals surface area (Å²) in [4.78, 5) is 27.8. The summed E-state index contributed by atoms with van der Waals surface area (Å²) in [6.07, 6.45) is 2.10. The summed E-state index contributed by atoms with van der Waals surface area (Å²) in [6.45, 7) is 0.881. The number of ether oxygens (including phenoxy) is 1. The predicted octanol–water partition coefficient (Wildman–Crippen LogP) is 3.72. The molecule has 1 aromatic carbocycles. The second kappa shape index (κ2) is 7.81. The highest BCUT2D eigenvalue weighted by molar-refractivity contribution is 7.98. The Morgan fingerprint density at radius 3 is 2.85 bits per heavy atom. The molecule has 3 rings (SSSR count). The number of methoxy groups -OCH3 is 1. The zero-order valence-corrected chi connectivity index (χ0v) is 16.0. The fourth-order valence-corrected chi connectivity index (χ4v) is 4.70. The van der Waals surface area contributed by atoms with Gasteiger partial charge in [-0.15, -0.1) is 23.1 Å². The van der Waals surface area contributed by atoms with Crippen LogP contribution in [-0.4, -0.2) is 36.8 Å². The van der Waals surface area contributed by atoms with Crippen LogP contribution in [0.25, 0.3) is 0 Å². The number of benzene rings is 1. The molecule has 1 N–H and O–H groups in total. The predicted molar refractivity (Wildman–Crippen MR) is 102 cm³/mol. The van der Waals surface area contributed by atoms with Crippen molar-refractivity contribution in [1.29, 1.82) is 5.26 Å². The molecule has 1 aliphatic rings. The molecule has 134 valence electrons. The standard InChI is InChI=1S/C18H17N3O3S2/c1-24-18(23)21-8-7-11-13(9-19)17(26-15(11)10-21)20-16(22)12-5-3-4-6-14(12)25-2/h3-6H,7-8,10H2,1-2H3,(H,20,22). The molecule has 0 atom stereocenters. The van der Waals surface area contributed by atoms with E-state index in [1.54, 1.807) is 11.0 Å². The maximum absolute atomic E-state index is 12.7. The topological polar surface area (TPSA) is 82.4 Å². The number of thiophene rings is 1. The third-order valence-corrected chi connectivity index (χ3v) is 6.11. The van der Waals surface area contributed by atoms with Gasteiger partial charge in [0.15, 0.2) is 0 Å². The number of carbonyl (C=O) groups is 2. The Kier molecular flexibility index (Phi) is 5.49. The molecule has 0 radical (unpaired) electrons. The Morgan fingerprint density at radius 2 is 2.15 bits per heavy atom. The van der Waals surface area contributed by atoms with Gasteiger partial charge in [0.1, 0.15) is 11.1 Å². The van der Waals surface area contributed by atoms with Crippen LogP contribution >= 0.6 is 23.1 Å². The van der Waals surface area contributed by atoms with Crippen LogP contribution in [0.5, 0.6) is 0 Å². The van der Waals surface area contributed by atoms with E-state index in [9.17, 15) is 14.9 Å². The first-order valence-corrected chi connectivity index (χ1v) is 9.95. The number of hydrogen-bond acceptors (Lipinski definition) is 6. The molecule has 2 aromatic rings. The molecule has 0 aliphatic carbocycles. The van der Waals surface area contributed by atoms with E-state index in [1.165, 1.54) is 30.2 Å². The van der Waals surface area contributed by atoms with Gasteiger partial charge in [-0.3, -0.25) is 4.79 Å². The van der Waals surface area contributed by atoms with E-state index >= 15 is 0 Å². The summed E-state index contributed by atoms with van der Waals surface area (Å²) in [5.74, 6) is -0.241. The maximum Gasteiger partial charge on any atom is 0.409 e. The van der Waals surface area contributed by atoms with Gasteiger partial charge in [0.25, 0.3) is 5.91 Å². The Morgan fingerprint density at radius 1 is 1.38 bits per heavy atom. The van der Waals surface area contributed by atoms with Crippen molar-refractivity contribution in [2.24, 2.45) is 0 Å². The highest BCUT2D eigenvalue weighted by atomic mass is 32.2. The first-order valence-electron chi connectivity index (χ1n) is 7.91. The summed E-state index contributed by atoms with van der Waals surface area (Å²) < 4.78 is 4.77. The lowest BCUT2D eigenvalue weighted by Crippen LogP contribution is -2.35. The van der Waals surface area contributed by atoms with Crippen LogP contribution < -0.4 is 5.32 Å². The number of nitriles is 1. The number of amides is 2. The zero-order chi connectivity index (χ0) is 18.7. The van der Waals surface area contributed by atoms with Gasteiger partial charge in [0.05, 0.1) is 24.8 Å². The first kappa shape index (κ1) is 18.3. The molecule has 8 heteroatoms. The molecule has 1 aromatic heterocycles. The molecule has 6 nitrogen and oxygen atoms in total. The largest absolute Gasteiger partial charge is 0.453 e. The van der Waals surface area contributed by atoms with Crippen molar-refractivity contribution in [3.8, 4) is 6.07 Å². The highest BCUT2D eigenvalue weighted by Gasteiger charge is 2.28. The lowest BCUT2D eigenvalue weighted by molar-refractivity contribution is 0.102. The number of nitrogens with one attached hydrogen (secondary N) is 1. The van der Waals surface area contributed by atoms with Gasteiger partial charge in [0.2, 0.25) is 0 Å². The summed E-state index contributed by atoms with van der Waals surface area (Å²) in [5.41, 5.74) is 1.97. The van der Waals surface area contributed by atoms with Crippen molar-refractivity contribution in [1.82, 2.24) is 4.90 Å². The first-order chi connectivity index (χ1) is 12.6. The zero-order valence-electron chi connectivity index (χ0n) is 14.4. The molecule has 0 saturated heterocycles. The fraction of sp³-hybridized carbons (Fsp3) is 0.278. The fourth-order valence-electron chi connectivity index (χ4n) is 2.90. The molecule has 0 spiro atoms. The number of thioether (sulfide) groups is 1. The minimum atomic E-state index is -0.387. The Bertz CT molecular complexity index is 902. The van der Waals surface area contributed by atoms with Crippen molar-refractivity contribution < 1.29 is 14.3 Å². The molecular formula is C18H17N3O3S2. The lowest BCUT2D eigenvalue weighted by Gasteiger charge is -2.25. The summed E-state index contributed by atoms with van der Waals surface area (Å²) in [7, 11) is 1.35. The van der Waals surface area contributed by atoms with Crippen molar-refractivity contribution in [2.75, 3.05) is 25.2 Å². The van der Waals surface area contributed by atoms with Crippen LogP contribution in [0.3, 0.4) is 0 Å². The molecule has 2 heterocycles. The average Bonchev–Trinajstić information content (AvgIpc) is 3.03. The Hall–Kier alpha value is -2.50. The second-order valence-electron chi connectivity index (χ2n) is 5.62. The van der Waals surface area contributed by atoms with Gasteiger partial charge in [-0.2, -0.15) is 5.26 Å². The third kappa shape index (κ3) is 3.41. The van der Waals surface area contributed by atoms with Gasteiger partial charge in [-0.05, 0) is 30.4 Å². The van der Waals surface area contributed by atoms with Gasteiger partial charge in [0, 0.05) is 16.3 Å². The summed E-state index contributed by atoms with van der Waals surface area (Å²) >= 11 is 2.84. The van der Waals surface area contributed by atoms with Gasteiger partial charge < -0.3 is 15.0 Å². The molecule has 0 bridgehead atoms. The van der Waals surface area contributed by atoms with E-state index in [0.717, 1.165) is 15.3 Å². The van der Waals surface area contributed by atoms with Gasteiger partial charge in [-0.25, -0.2) is 4.79 Å². The minimum Gasteiger partial charge on any atom is -0.453 e. The van der Waals surface area contributed by atoms with E-state index in [0.29, 0.717) is 35.6 Å². The monoisotopic (exact) mass is 387 g/mol. The maximum atomic E-state index is 12.7. The number of nitrogens with zero attached hydrogens (tertiary/aromatic N) is 2. The number of carbonyl (C=O) groups excluding carboxylic acids is 2. The molecular weight excluding hydrogens is 370 g/mol. The van der Waals surface area contributed by atoms with E-state index in [2.05, 4.69) is 11.4 Å². The minimum absolute atomic E-state index is 0.241. The van der Waals surface area contributed by atoms with Gasteiger partial charge in [-0.1, -0.05) is 12.1 Å². The SMILES string of the molecule is COC(=O)N1CCc2c(sc(NC(=O)c3ccccc3SC)c2C#N)C1. The van der Waals surface area contributed by atoms with Crippen LogP contribution in [0.15, 0.2) is 29.2 Å². The number of hydrogen-bond donors (Lipinski definition) is 1. The number of rotatable bonds is 3. The van der Waals surface area contributed by atoms with E-state index in [1.807, 2.05) is 24.5 Å². The normalized spacial score (nSPS) is 12.9. The van der Waals surface area contributed by atoms with Crippen LogP contribution in [-0.2, 0) is 17.7 Å². The number of anilines is 1. The molecule has 26 heavy (non-hydrogen) atoms. The third-order valence-electron chi connectivity index (χ3n) is 4.18. The molecule has 2 amide bonds. The average molecular weight is 387 g/mol. The van der Waals surface area contributed by atoms with Crippen LogP contribution in [0.2, 0.25) is 0 Å². The molecule has 0 unspecified atom stereocenters. The molecule has 1 aliphatic heterocycles. The highest BCUT2D eigenvalue weighted by Crippen LogP contribution is 2.37. The van der Waals surface area contributed by atoms with Crippen LogP contribution in [0, 0.1) is 11.3 Å². The number of fused-ring (bicyclic) bond motifs is 1. The van der Waals surface area contributed by atoms with Crippen molar-refractivity contribution in [2.45, 2.75) is 17.9 Å². The van der Waals surface area contributed by atoms with Crippen LogP contribution in [0.4, 0.5) is 9.80 Å².